The van der Waals surface area contributed by atoms with Crippen LogP contribution in [-0.2, 0) is 33.8 Å². The average molecular weight is 635 g/mol. The number of rotatable bonds is 14. The third kappa shape index (κ3) is 9.88. The van der Waals surface area contributed by atoms with Crippen LogP contribution in [0.1, 0.15) is 62.3 Å². The van der Waals surface area contributed by atoms with Crippen molar-refractivity contribution < 1.29 is 36.6 Å². The van der Waals surface area contributed by atoms with E-state index in [1.165, 1.54) is 30.8 Å². The van der Waals surface area contributed by atoms with Gasteiger partial charge in [0.15, 0.2) is 0 Å². The molecule has 0 heterocycles. The number of aryl methyl sites for hydroxylation is 1. The number of nitrogens with one attached hydrogen (secondary N) is 1. The van der Waals surface area contributed by atoms with Crippen LogP contribution in [0.3, 0.4) is 0 Å². The average Bonchev–Trinajstić information content (AvgIpc) is 2.94. The van der Waals surface area contributed by atoms with E-state index in [-0.39, 0.29) is 31.5 Å². The maximum absolute atomic E-state index is 13.8. The van der Waals surface area contributed by atoms with Crippen LogP contribution in [0.25, 0.3) is 11.1 Å². The zero-order valence-electron chi connectivity index (χ0n) is 25.6. The van der Waals surface area contributed by atoms with Crippen molar-refractivity contribution in [3.8, 4) is 11.1 Å². The fraction of sp³-hybridized carbons (Fsp3) is 0.424. The molecule has 0 bridgehead atoms. The zero-order valence-corrected chi connectivity index (χ0v) is 26.5. The summed E-state index contributed by atoms with van der Waals surface area (Å²) in [4.78, 5) is 10.3. The van der Waals surface area contributed by atoms with Crippen LogP contribution in [0, 0.1) is 0 Å². The number of alkyl halides is 3. The zero-order chi connectivity index (χ0) is 32.9. The van der Waals surface area contributed by atoms with Crippen molar-refractivity contribution in [3.05, 3.63) is 89.0 Å². The third-order valence-corrected chi connectivity index (χ3v) is 9.23. The predicted octanol–water partition coefficient (Wildman–Crippen LogP) is 6.11. The number of hydrogen-bond acceptors (Lipinski definition) is 5. The Balaban J connectivity index is 1.74. The summed E-state index contributed by atoms with van der Waals surface area (Å²) in [6.07, 6.45) is -5.10. The number of carbonyl (C=O) groups is 1. The van der Waals surface area contributed by atoms with Crippen molar-refractivity contribution in [2.45, 2.75) is 75.6 Å². The number of aliphatic hydroxyl groups is 1. The fourth-order valence-electron chi connectivity index (χ4n) is 4.82. The summed E-state index contributed by atoms with van der Waals surface area (Å²) in [6.45, 7) is 7.92. The van der Waals surface area contributed by atoms with E-state index < -0.39 is 44.3 Å². The topological polar surface area (TPSA) is 107 Å². The summed E-state index contributed by atoms with van der Waals surface area (Å²) in [6, 6.07) is 17.2. The van der Waals surface area contributed by atoms with Crippen molar-refractivity contribution >= 4 is 16.0 Å². The molecule has 0 saturated carbocycles. The van der Waals surface area contributed by atoms with Gasteiger partial charge in [0.2, 0.25) is 10.0 Å². The normalized spacial score (nSPS) is 13.4. The van der Waals surface area contributed by atoms with E-state index in [9.17, 15) is 31.5 Å². The van der Waals surface area contributed by atoms with Gasteiger partial charge < -0.3 is 15.5 Å². The van der Waals surface area contributed by atoms with Gasteiger partial charge in [0, 0.05) is 32.1 Å². The Kier molecular flexibility index (Phi) is 11.4. The number of β-amino-alcohol motifs (C(OH)–C–C–N with tert-alkyl or cyclic N) is 1. The molecule has 0 spiro atoms. The summed E-state index contributed by atoms with van der Waals surface area (Å²) in [5.41, 5.74) is 1.88. The van der Waals surface area contributed by atoms with E-state index in [1.54, 1.807) is 12.1 Å². The Labute approximate surface area is 257 Å². The second-order valence-corrected chi connectivity index (χ2v) is 14.2. The Morgan fingerprint density at radius 2 is 1.52 bits per heavy atom. The van der Waals surface area contributed by atoms with Gasteiger partial charge in [0.05, 0.1) is 16.6 Å². The Morgan fingerprint density at radius 1 is 0.932 bits per heavy atom. The highest BCUT2D eigenvalue weighted by atomic mass is 32.2. The van der Waals surface area contributed by atoms with Gasteiger partial charge in [-0.05, 0) is 78.6 Å². The lowest BCUT2D eigenvalue weighted by atomic mass is 9.93. The summed E-state index contributed by atoms with van der Waals surface area (Å²) in [5.74, 6) is -0.549. The largest absolute Gasteiger partial charge is 0.481 e. The monoisotopic (exact) mass is 634 g/mol. The first-order chi connectivity index (χ1) is 20.4. The van der Waals surface area contributed by atoms with E-state index in [1.807, 2.05) is 13.8 Å². The van der Waals surface area contributed by atoms with Crippen molar-refractivity contribution in [2.24, 2.45) is 0 Å². The van der Waals surface area contributed by atoms with Gasteiger partial charge >= 0.3 is 12.1 Å². The van der Waals surface area contributed by atoms with Crippen molar-refractivity contribution in [1.29, 1.82) is 0 Å². The molecule has 11 heteroatoms. The molecule has 240 valence electrons. The Hall–Kier alpha value is -3.25. The SMILES string of the molecule is CC(C)c1ccc(CC(C)(C)NCC(O)CN(C)S(=O)(=O)c2cc(-c3ccc(CCC(=O)O)cc3)cc(C(F)(F)F)c2)cc1. The minimum Gasteiger partial charge on any atom is -0.481 e. The van der Waals surface area contributed by atoms with E-state index >= 15 is 0 Å². The Morgan fingerprint density at radius 3 is 2.07 bits per heavy atom. The minimum absolute atomic E-state index is 0.0435. The van der Waals surface area contributed by atoms with Gasteiger partial charge in [-0.25, -0.2) is 8.42 Å². The fourth-order valence-corrected chi connectivity index (χ4v) is 6.10. The first-order valence-electron chi connectivity index (χ1n) is 14.4. The van der Waals surface area contributed by atoms with Crippen LogP contribution in [0.4, 0.5) is 13.2 Å². The van der Waals surface area contributed by atoms with Crippen LogP contribution < -0.4 is 5.32 Å². The number of aliphatic hydroxyl groups excluding tert-OH is 1. The first kappa shape index (κ1) is 35.2. The van der Waals surface area contributed by atoms with Gasteiger partial charge in [0.1, 0.15) is 0 Å². The number of carboxylic acids is 1. The maximum Gasteiger partial charge on any atom is 0.416 e. The van der Waals surface area contributed by atoms with Crippen LogP contribution in [0.5, 0.6) is 0 Å². The minimum atomic E-state index is -4.80. The number of halogens is 3. The molecule has 7 nitrogen and oxygen atoms in total. The lowest BCUT2D eigenvalue weighted by Crippen LogP contribution is -2.47. The lowest BCUT2D eigenvalue weighted by molar-refractivity contribution is -0.138. The van der Waals surface area contributed by atoms with Gasteiger partial charge in [-0.1, -0.05) is 62.4 Å². The molecule has 1 atom stereocenters. The summed E-state index contributed by atoms with van der Waals surface area (Å²) < 4.78 is 69.1. The molecule has 3 rings (SSSR count). The van der Waals surface area contributed by atoms with Crippen molar-refractivity contribution in [2.75, 3.05) is 20.1 Å². The molecule has 3 N–H and O–H groups in total. The van der Waals surface area contributed by atoms with Gasteiger partial charge in [-0.15, -0.1) is 0 Å². The van der Waals surface area contributed by atoms with Gasteiger partial charge in [0.25, 0.3) is 0 Å². The highest BCUT2D eigenvalue weighted by Gasteiger charge is 2.34. The van der Waals surface area contributed by atoms with E-state index in [4.69, 9.17) is 5.11 Å². The number of benzene rings is 3. The van der Waals surface area contributed by atoms with Crippen LogP contribution in [0.15, 0.2) is 71.6 Å². The quantitative estimate of drug-likeness (QED) is 0.198. The van der Waals surface area contributed by atoms with Crippen LogP contribution in [0.2, 0.25) is 0 Å². The number of sulfonamides is 1. The number of nitrogens with zero attached hydrogens (tertiary/aromatic N) is 1. The third-order valence-electron chi connectivity index (χ3n) is 7.43. The van der Waals surface area contributed by atoms with E-state index in [2.05, 4.69) is 43.4 Å². The predicted molar refractivity (Wildman–Crippen MR) is 165 cm³/mol. The molecule has 0 aromatic heterocycles. The molecule has 1 unspecified atom stereocenters. The number of hydrogen-bond donors (Lipinski definition) is 3. The molecule has 3 aromatic rings. The van der Waals surface area contributed by atoms with Gasteiger partial charge in [-0.2, -0.15) is 17.5 Å². The van der Waals surface area contributed by atoms with E-state index in [0.717, 1.165) is 15.9 Å². The van der Waals surface area contributed by atoms with Gasteiger partial charge in [-0.3, -0.25) is 4.79 Å². The highest BCUT2D eigenvalue weighted by Crippen LogP contribution is 2.35. The molecular formula is C33H41F3N2O5S. The summed E-state index contributed by atoms with van der Waals surface area (Å²) >= 11 is 0. The summed E-state index contributed by atoms with van der Waals surface area (Å²) in [7, 11) is -3.19. The van der Waals surface area contributed by atoms with Crippen LogP contribution in [-0.4, -0.2) is 60.7 Å². The molecule has 0 aliphatic rings. The smallest absolute Gasteiger partial charge is 0.416 e. The summed E-state index contributed by atoms with van der Waals surface area (Å²) in [5, 5.41) is 22.8. The molecular weight excluding hydrogens is 593 g/mol. The van der Waals surface area contributed by atoms with Crippen molar-refractivity contribution in [1.82, 2.24) is 9.62 Å². The number of carboxylic acid groups (broad SMARTS) is 1. The van der Waals surface area contributed by atoms with Crippen molar-refractivity contribution in [3.63, 3.8) is 0 Å². The Bertz CT molecular complexity index is 1520. The molecule has 3 aromatic carbocycles. The molecule has 0 aliphatic heterocycles. The molecule has 0 aliphatic carbocycles. The molecule has 0 fully saturated rings. The second kappa shape index (κ2) is 14.2. The molecule has 0 radical (unpaired) electrons. The second-order valence-electron chi connectivity index (χ2n) is 12.1. The molecule has 44 heavy (non-hydrogen) atoms. The highest BCUT2D eigenvalue weighted by molar-refractivity contribution is 7.89. The number of aliphatic carboxylic acids is 1. The van der Waals surface area contributed by atoms with E-state index in [0.29, 0.717) is 29.5 Å². The molecule has 0 amide bonds. The lowest BCUT2D eigenvalue weighted by Gasteiger charge is -2.29. The maximum atomic E-state index is 13.8. The van der Waals surface area contributed by atoms with Crippen LogP contribution >= 0.6 is 0 Å². The first-order valence-corrected chi connectivity index (χ1v) is 15.8. The standard InChI is InChI=1S/C33H41F3N2O5S/c1-22(2)25-11-8-24(9-12-25)19-32(3,4)37-20-29(39)21-38(5)44(42,43)30-17-27(16-28(18-30)33(34,35)36)26-13-6-23(7-14-26)10-15-31(40)41/h6-9,11-14,16-18,22,29,37,39H,10,15,19-21H2,1-5H3,(H,40,41). The molecule has 0 saturated heterocycles. The number of likely N-dealkylation sites (N-methyl/N-ethyl adjacent to an activating group) is 1.